The summed E-state index contributed by atoms with van der Waals surface area (Å²) in [6, 6.07) is 5.22. The molecule has 66 valence electrons. The lowest BCUT2D eigenvalue weighted by atomic mass is 9.99. The topological polar surface area (TPSA) is 66.9 Å². The Morgan fingerprint density at radius 1 is 1.54 bits per heavy atom. The Kier molecular flexibility index (Phi) is 2.34. The second-order valence-electron chi connectivity index (χ2n) is 2.87. The molecule has 0 aromatic heterocycles. The molecule has 0 fully saturated rings. The minimum Gasteiger partial charge on any atom is -0.398 e. The molecule has 0 aliphatic rings. The zero-order valence-electron chi connectivity index (χ0n) is 7.59. The van der Waals surface area contributed by atoms with Gasteiger partial charge >= 0.3 is 0 Å². The first-order valence-corrected chi connectivity index (χ1v) is 3.88. The van der Waals surface area contributed by atoms with Gasteiger partial charge in [0.25, 0.3) is 0 Å². The quantitative estimate of drug-likeness (QED) is 0.520. The summed E-state index contributed by atoms with van der Waals surface area (Å²) in [5, 5.41) is 8.81. The van der Waals surface area contributed by atoms with Gasteiger partial charge in [-0.05, 0) is 31.5 Å². The van der Waals surface area contributed by atoms with Gasteiger partial charge in [-0.1, -0.05) is 0 Å². The molecule has 0 unspecified atom stereocenters. The molecule has 1 rings (SSSR count). The monoisotopic (exact) mass is 174 g/mol. The predicted octanol–water partition coefficient (Wildman–Crippen LogP) is 1.65. The van der Waals surface area contributed by atoms with Gasteiger partial charge in [0.15, 0.2) is 5.78 Å². The van der Waals surface area contributed by atoms with Crippen LogP contribution < -0.4 is 5.73 Å². The van der Waals surface area contributed by atoms with E-state index in [0.29, 0.717) is 22.4 Å². The van der Waals surface area contributed by atoms with Gasteiger partial charge in [-0.2, -0.15) is 5.26 Å². The van der Waals surface area contributed by atoms with E-state index in [2.05, 4.69) is 0 Å². The van der Waals surface area contributed by atoms with Crippen LogP contribution in [0.2, 0.25) is 0 Å². The molecule has 3 nitrogen and oxygen atoms in total. The normalized spacial score (nSPS) is 9.31. The molecule has 0 saturated carbocycles. The second kappa shape index (κ2) is 3.28. The SMILES string of the molecule is CC(=O)c1ccc(N)c(C)c1C#N. The molecule has 0 radical (unpaired) electrons. The Labute approximate surface area is 76.8 Å². The highest BCUT2D eigenvalue weighted by Crippen LogP contribution is 2.19. The molecular weight excluding hydrogens is 164 g/mol. The third kappa shape index (κ3) is 1.52. The number of ketones is 1. The van der Waals surface area contributed by atoms with E-state index in [1.165, 1.54) is 6.92 Å². The minimum absolute atomic E-state index is 0.111. The molecule has 0 bridgehead atoms. The minimum atomic E-state index is -0.111. The van der Waals surface area contributed by atoms with Crippen LogP contribution in [0, 0.1) is 18.3 Å². The average Bonchev–Trinajstić information content (AvgIpc) is 2.09. The van der Waals surface area contributed by atoms with Gasteiger partial charge in [0.1, 0.15) is 6.07 Å². The van der Waals surface area contributed by atoms with Gasteiger partial charge in [0, 0.05) is 11.3 Å². The standard InChI is InChI=1S/C10H10N2O/c1-6-9(5-11)8(7(2)13)3-4-10(6)12/h3-4H,12H2,1-2H3. The van der Waals surface area contributed by atoms with E-state index in [1.54, 1.807) is 19.1 Å². The number of carbonyl (C=O) groups is 1. The van der Waals surface area contributed by atoms with Gasteiger partial charge in [-0.25, -0.2) is 0 Å². The van der Waals surface area contributed by atoms with E-state index < -0.39 is 0 Å². The van der Waals surface area contributed by atoms with Gasteiger partial charge in [-0.3, -0.25) is 4.79 Å². The van der Waals surface area contributed by atoms with E-state index >= 15 is 0 Å². The number of carbonyl (C=O) groups excluding carboxylic acids is 1. The van der Waals surface area contributed by atoms with Crippen LogP contribution in [-0.2, 0) is 0 Å². The number of anilines is 1. The Bertz CT molecular complexity index is 402. The smallest absolute Gasteiger partial charge is 0.161 e. The summed E-state index contributed by atoms with van der Waals surface area (Å²) < 4.78 is 0. The van der Waals surface area contributed by atoms with Gasteiger partial charge in [0.05, 0.1) is 5.56 Å². The fraction of sp³-hybridized carbons (Fsp3) is 0.200. The summed E-state index contributed by atoms with van der Waals surface area (Å²) in [7, 11) is 0. The highest BCUT2D eigenvalue weighted by molar-refractivity contribution is 5.97. The third-order valence-corrected chi connectivity index (χ3v) is 2.00. The van der Waals surface area contributed by atoms with Crippen LogP contribution in [-0.4, -0.2) is 5.78 Å². The Balaban J connectivity index is 3.50. The number of nitriles is 1. The number of hydrogen-bond acceptors (Lipinski definition) is 3. The van der Waals surface area contributed by atoms with Crippen molar-refractivity contribution in [2.24, 2.45) is 0 Å². The number of benzene rings is 1. The van der Waals surface area contributed by atoms with E-state index in [0.717, 1.165) is 0 Å². The maximum atomic E-state index is 11.1. The first kappa shape index (κ1) is 9.27. The largest absolute Gasteiger partial charge is 0.398 e. The molecule has 3 heteroatoms. The van der Waals surface area contributed by atoms with E-state index in [9.17, 15) is 4.79 Å². The zero-order valence-corrected chi connectivity index (χ0v) is 7.59. The predicted molar refractivity (Wildman–Crippen MR) is 50.3 cm³/mol. The average molecular weight is 174 g/mol. The summed E-state index contributed by atoms with van der Waals surface area (Å²) >= 11 is 0. The van der Waals surface area contributed by atoms with Crippen LogP contribution in [0.5, 0.6) is 0 Å². The van der Waals surface area contributed by atoms with Gasteiger partial charge in [0.2, 0.25) is 0 Å². The number of hydrogen-bond donors (Lipinski definition) is 1. The lowest BCUT2D eigenvalue weighted by Gasteiger charge is -2.05. The second-order valence-corrected chi connectivity index (χ2v) is 2.87. The molecular formula is C10H10N2O. The van der Waals surface area contributed by atoms with Crippen molar-refractivity contribution in [1.29, 1.82) is 5.26 Å². The molecule has 13 heavy (non-hydrogen) atoms. The lowest BCUT2D eigenvalue weighted by Crippen LogP contribution is -2.01. The highest BCUT2D eigenvalue weighted by atomic mass is 16.1. The first-order chi connectivity index (χ1) is 6.07. The number of nitrogens with two attached hydrogens (primary N) is 1. The van der Waals surface area contributed by atoms with Crippen molar-refractivity contribution in [1.82, 2.24) is 0 Å². The number of nitrogen functional groups attached to an aromatic ring is 1. The molecule has 0 heterocycles. The first-order valence-electron chi connectivity index (χ1n) is 3.88. The van der Waals surface area contributed by atoms with Crippen LogP contribution in [0.4, 0.5) is 5.69 Å². The number of Topliss-reactive ketones (excluding diaryl/α,β-unsaturated/α-hetero) is 1. The maximum absolute atomic E-state index is 11.1. The van der Waals surface area contributed by atoms with Crippen LogP contribution >= 0.6 is 0 Å². The Morgan fingerprint density at radius 2 is 2.15 bits per heavy atom. The van der Waals surface area contributed by atoms with Crippen LogP contribution in [0.3, 0.4) is 0 Å². The molecule has 0 aliphatic carbocycles. The molecule has 0 aliphatic heterocycles. The molecule has 0 atom stereocenters. The fourth-order valence-electron chi connectivity index (χ4n) is 1.17. The van der Waals surface area contributed by atoms with Crippen molar-refractivity contribution in [3.05, 3.63) is 28.8 Å². The van der Waals surface area contributed by atoms with E-state index in [1.807, 2.05) is 6.07 Å². The zero-order chi connectivity index (χ0) is 10.0. The van der Waals surface area contributed by atoms with Gasteiger partial charge < -0.3 is 5.73 Å². The van der Waals surface area contributed by atoms with Crippen molar-refractivity contribution >= 4 is 11.5 Å². The lowest BCUT2D eigenvalue weighted by molar-refractivity contribution is 0.101. The molecule has 0 spiro atoms. The molecule has 0 saturated heterocycles. The van der Waals surface area contributed by atoms with Crippen molar-refractivity contribution in [2.45, 2.75) is 13.8 Å². The summed E-state index contributed by atoms with van der Waals surface area (Å²) in [5.74, 6) is -0.111. The molecule has 0 amide bonds. The third-order valence-electron chi connectivity index (χ3n) is 2.00. The van der Waals surface area contributed by atoms with Crippen molar-refractivity contribution in [3.63, 3.8) is 0 Å². The van der Waals surface area contributed by atoms with E-state index in [4.69, 9.17) is 11.0 Å². The summed E-state index contributed by atoms with van der Waals surface area (Å²) in [6.45, 7) is 3.17. The highest BCUT2D eigenvalue weighted by Gasteiger charge is 2.10. The van der Waals surface area contributed by atoms with Crippen molar-refractivity contribution < 1.29 is 4.79 Å². The molecule has 1 aromatic carbocycles. The number of rotatable bonds is 1. The van der Waals surface area contributed by atoms with Crippen molar-refractivity contribution in [3.8, 4) is 6.07 Å². The van der Waals surface area contributed by atoms with Crippen LogP contribution in [0.1, 0.15) is 28.4 Å². The Hall–Kier alpha value is -1.82. The van der Waals surface area contributed by atoms with Crippen LogP contribution in [0.25, 0.3) is 0 Å². The van der Waals surface area contributed by atoms with Gasteiger partial charge in [-0.15, -0.1) is 0 Å². The summed E-state index contributed by atoms with van der Waals surface area (Å²) in [5.41, 5.74) is 7.64. The number of nitrogens with zero attached hydrogens (tertiary/aromatic N) is 1. The summed E-state index contributed by atoms with van der Waals surface area (Å²) in [6.07, 6.45) is 0. The van der Waals surface area contributed by atoms with Crippen LogP contribution in [0.15, 0.2) is 12.1 Å². The fourth-order valence-corrected chi connectivity index (χ4v) is 1.17. The van der Waals surface area contributed by atoms with E-state index in [-0.39, 0.29) is 5.78 Å². The Morgan fingerprint density at radius 3 is 2.62 bits per heavy atom. The van der Waals surface area contributed by atoms with Crippen molar-refractivity contribution in [2.75, 3.05) is 5.73 Å². The maximum Gasteiger partial charge on any atom is 0.161 e. The molecule has 1 aromatic rings. The molecule has 2 N–H and O–H groups in total. The summed E-state index contributed by atoms with van der Waals surface area (Å²) in [4.78, 5) is 11.1.